The van der Waals surface area contributed by atoms with Crippen LogP contribution in [0.15, 0.2) is 11.8 Å². The Labute approximate surface area is 126 Å². The third-order valence-electron chi connectivity index (χ3n) is 5.29. The van der Waals surface area contributed by atoms with Gasteiger partial charge in [0, 0.05) is 11.7 Å². The lowest BCUT2D eigenvalue weighted by molar-refractivity contribution is -0.141. The zero-order chi connectivity index (χ0) is 14.8. The molecular formula is C15H24O3SSi. The van der Waals surface area contributed by atoms with Gasteiger partial charge in [-0.15, -0.1) is 0 Å². The fourth-order valence-electron chi connectivity index (χ4n) is 2.96. The van der Waals surface area contributed by atoms with Crippen molar-refractivity contribution in [1.29, 1.82) is 0 Å². The first-order valence-electron chi connectivity index (χ1n) is 7.37. The Bertz CT molecular complexity index is 480. The van der Waals surface area contributed by atoms with Crippen LogP contribution in [0.1, 0.15) is 27.2 Å². The molecule has 112 valence electrons. The van der Waals surface area contributed by atoms with E-state index in [0.717, 1.165) is 17.9 Å². The van der Waals surface area contributed by atoms with Gasteiger partial charge in [0.2, 0.25) is 5.78 Å². The fourth-order valence-corrected chi connectivity index (χ4v) is 5.52. The van der Waals surface area contributed by atoms with E-state index in [1.54, 1.807) is 0 Å². The summed E-state index contributed by atoms with van der Waals surface area (Å²) in [5.74, 6) is 2.92. The lowest BCUT2D eigenvalue weighted by Gasteiger charge is -2.39. The molecule has 3 aliphatic rings. The summed E-state index contributed by atoms with van der Waals surface area (Å²) < 4.78 is 12.3. The lowest BCUT2D eigenvalue weighted by Crippen LogP contribution is -2.50. The number of hydrogen-bond acceptors (Lipinski definition) is 4. The molecule has 0 unspecified atom stereocenters. The molecule has 2 saturated heterocycles. The van der Waals surface area contributed by atoms with Gasteiger partial charge in [0.25, 0.3) is 8.32 Å². The molecule has 0 aromatic rings. The van der Waals surface area contributed by atoms with Gasteiger partial charge in [-0.25, -0.2) is 0 Å². The van der Waals surface area contributed by atoms with E-state index in [1.165, 1.54) is 0 Å². The van der Waals surface area contributed by atoms with E-state index < -0.39 is 13.9 Å². The van der Waals surface area contributed by atoms with Crippen molar-refractivity contribution in [3.05, 3.63) is 11.8 Å². The van der Waals surface area contributed by atoms with Gasteiger partial charge in [-0.05, 0) is 36.4 Å². The zero-order valence-electron chi connectivity index (χ0n) is 13.0. The first-order chi connectivity index (χ1) is 9.16. The monoisotopic (exact) mass is 312 g/mol. The summed E-state index contributed by atoms with van der Waals surface area (Å²) in [7, 11) is -1.96. The molecule has 0 amide bonds. The summed E-state index contributed by atoms with van der Waals surface area (Å²) in [4.78, 5) is 12.9. The summed E-state index contributed by atoms with van der Waals surface area (Å²) in [6.45, 7) is 11.0. The molecule has 20 heavy (non-hydrogen) atoms. The molecular weight excluding hydrogens is 288 g/mol. The van der Waals surface area contributed by atoms with Crippen LogP contribution in [-0.4, -0.2) is 37.3 Å². The lowest BCUT2D eigenvalue weighted by atomic mass is 9.87. The van der Waals surface area contributed by atoms with E-state index >= 15 is 0 Å². The number of fused-ring (bicyclic) bond motifs is 1. The van der Waals surface area contributed by atoms with Gasteiger partial charge in [-0.2, -0.15) is 11.8 Å². The Morgan fingerprint density at radius 3 is 2.80 bits per heavy atom. The predicted molar refractivity (Wildman–Crippen MR) is 84.4 cm³/mol. The number of rotatable bonds is 2. The SMILES string of the molecule is CC(C)(C)[Si](C)(C)OC1=C[C@H]2C[C@@H]3CSC[C@@]3(O2)C1=O. The van der Waals surface area contributed by atoms with Crippen molar-refractivity contribution >= 4 is 25.9 Å². The minimum Gasteiger partial charge on any atom is -0.541 e. The van der Waals surface area contributed by atoms with Crippen LogP contribution < -0.4 is 0 Å². The van der Waals surface area contributed by atoms with E-state index in [9.17, 15) is 4.79 Å². The molecule has 1 spiro atoms. The van der Waals surface area contributed by atoms with E-state index in [1.807, 2.05) is 17.8 Å². The van der Waals surface area contributed by atoms with Crippen LogP contribution in [0.5, 0.6) is 0 Å². The molecule has 0 aliphatic carbocycles. The van der Waals surface area contributed by atoms with Gasteiger partial charge < -0.3 is 9.16 Å². The molecule has 2 bridgehead atoms. The number of Topliss-reactive ketones (excluding diaryl/α,β-unsaturated/α-hetero) is 1. The second-order valence-corrected chi connectivity index (χ2v) is 13.5. The van der Waals surface area contributed by atoms with Gasteiger partial charge in [0.15, 0.2) is 0 Å². The molecule has 5 heteroatoms. The van der Waals surface area contributed by atoms with Crippen LogP contribution in [0.2, 0.25) is 18.1 Å². The highest BCUT2D eigenvalue weighted by molar-refractivity contribution is 7.99. The van der Waals surface area contributed by atoms with Crippen molar-refractivity contribution in [3.63, 3.8) is 0 Å². The molecule has 2 fully saturated rings. The van der Waals surface area contributed by atoms with Crippen LogP contribution in [0.4, 0.5) is 0 Å². The Morgan fingerprint density at radius 2 is 2.15 bits per heavy atom. The molecule has 0 saturated carbocycles. The van der Waals surface area contributed by atoms with E-state index in [4.69, 9.17) is 9.16 Å². The van der Waals surface area contributed by atoms with Crippen molar-refractivity contribution < 1.29 is 14.0 Å². The van der Waals surface area contributed by atoms with Crippen LogP contribution in [0.25, 0.3) is 0 Å². The average molecular weight is 313 g/mol. The first kappa shape index (κ1) is 14.7. The molecule has 3 heterocycles. The van der Waals surface area contributed by atoms with E-state index in [0.29, 0.717) is 11.7 Å². The smallest absolute Gasteiger partial charge is 0.250 e. The Morgan fingerprint density at radius 1 is 1.45 bits per heavy atom. The quantitative estimate of drug-likeness (QED) is 0.732. The van der Waals surface area contributed by atoms with Gasteiger partial charge in [-0.1, -0.05) is 20.8 Å². The van der Waals surface area contributed by atoms with Gasteiger partial charge in [0.1, 0.15) is 11.4 Å². The van der Waals surface area contributed by atoms with Crippen LogP contribution >= 0.6 is 11.8 Å². The predicted octanol–water partition coefficient (Wildman–Crippen LogP) is 3.37. The second-order valence-electron chi connectivity index (χ2n) is 7.72. The Balaban J connectivity index is 1.88. The summed E-state index contributed by atoms with van der Waals surface area (Å²) in [6, 6.07) is 0. The second kappa shape index (κ2) is 4.37. The number of hydrogen-bond donors (Lipinski definition) is 0. The van der Waals surface area contributed by atoms with Crippen LogP contribution in [0, 0.1) is 5.92 Å². The molecule has 3 atom stereocenters. The molecule has 0 radical (unpaired) electrons. The van der Waals surface area contributed by atoms with Crippen LogP contribution in [0.3, 0.4) is 0 Å². The highest BCUT2D eigenvalue weighted by atomic mass is 32.2. The minimum absolute atomic E-state index is 0.0818. The topological polar surface area (TPSA) is 35.5 Å². The van der Waals surface area contributed by atoms with Crippen molar-refractivity contribution in [2.24, 2.45) is 5.92 Å². The number of carbonyl (C=O) groups is 1. The van der Waals surface area contributed by atoms with Crippen LogP contribution in [-0.2, 0) is 14.0 Å². The minimum atomic E-state index is -1.96. The zero-order valence-corrected chi connectivity index (χ0v) is 14.8. The normalized spacial score (nSPS) is 36.9. The summed E-state index contributed by atoms with van der Waals surface area (Å²) in [5.41, 5.74) is -0.568. The number of carbonyl (C=O) groups excluding carboxylic acids is 1. The molecule has 0 N–H and O–H groups in total. The number of ether oxygens (including phenoxy) is 1. The van der Waals surface area contributed by atoms with Gasteiger partial charge in [-0.3, -0.25) is 4.79 Å². The standard InChI is InChI=1S/C15H24O3SSi/c1-14(2,3)20(4,5)18-12-7-11-6-10-8-19-9-15(10,17-11)13(12)16/h7,10-11H,6,8-9H2,1-5H3/t10-,11-,15+/m1/s1. The highest BCUT2D eigenvalue weighted by Crippen LogP contribution is 2.51. The maximum absolute atomic E-state index is 12.9. The van der Waals surface area contributed by atoms with E-state index in [2.05, 4.69) is 33.9 Å². The van der Waals surface area contributed by atoms with Crippen molar-refractivity contribution in [1.82, 2.24) is 0 Å². The summed E-state index contributed by atoms with van der Waals surface area (Å²) >= 11 is 1.84. The first-order valence-corrected chi connectivity index (χ1v) is 11.4. The highest BCUT2D eigenvalue weighted by Gasteiger charge is 2.60. The van der Waals surface area contributed by atoms with Crippen molar-refractivity contribution in [2.45, 2.75) is 57.0 Å². The van der Waals surface area contributed by atoms with Crippen molar-refractivity contribution in [2.75, 3.05) is 11.5 Å². The largest absolute Gasteiger partial charge is 0.541 e. The molecule has 0 aromatic heterocycles. The Hall–Kier alpha value is -0.263. The molecule has 3 nitrogen and oxygen atoms in total. The van der Waals surface area contributed by atoms with Crippen molar-refractivity contribution in [3.8, 4) is 0 Å². The maximum Gasteiger partial charge on any atom is 0.250 e. The third kappa shape index (κ3) is 2.01. The summed E-state index contributed by atoms with van der Waals surface area (Å²) in [6.07, 6.45) is 3.00. The summed E-state index contributed by atoms with van der Waals surface area (Å²) in [5, 5.41) is 0.104. The maximum atomic E-state index is 12.9. The number of thioether (sulfide) groups is 1. The molecule has 3 rings (SSSR count). The molecule has 0 aromatic carbocycles. The van der Waals surface area contributed by atoms with Gasteiger partial charge >= 0.3 is 0 Å². The molecule has 3 aliphatic heterocycles. The number of ketones is 1. The average Bonchev–Trinajstić information content (AvgIpc) is 2.78. The Kier molecular flexibility index (Phi) is 3.20. The van der Waals surface area contributed by atoms with Gasteiger partial charge in [0.05, 0.1) is 6.10 Å². The third-order valence-corrected chi connectivity index (χ3v) is 10.9. The van der Waals surface area contributed by atoms with E-state index in [-0.39, 0.29) is 16.9 Å². The fraction of sp³-hybridized carbons (Fsp3) is 0.800.